The molecule has 0 atom stereocenters. The van der Waals surface area contributed by atoms with Gasteiger partial charge in [-0.15, -0.1) is 0 Å². The molecule has 0 unspecified atom stereocenters. The molecule has 0 amide bonds. The highest BCUT2D eigenvalue weighted by molar-refractivity contribution is 7.89. The van der Waals surface area contributed by atoms with E-state index < -0.39 is 33.2 Å². The van der Waals surface area contributed by atoms with Gasteiger partial charge in [0.05, 0.1) is 28.6 Å². The summed E-state index contributed by atoms with van der Waals surface area (Å²) in [5.74, 6) is -0.738. The number of sulfonamides is 1. The Labute approximate surface area is 221 Å². The third-order valence-electron chi connectivity index (χ3n) is 5.02. The molecule has 204 valence electrons. The number of nitrogens with one attached hydrogen (secondary N) is 1. The zero-order valence-electron chi connectivity index (χ0n) is 21.5. The highest BCUT2D eigenvalue weighted by atomic mass is 32.2. The molecular formula is C26H30N2O9S. The summed E-state index contributed by atoms with van der Waals surface area (Å²) in [5.41, 5.74) is 1.22. The van der Waals surface area contributed by atoms with Crippen LogP contribution in [0.3, 0.4) is 0 Å². The first-order valence-corrected chi connectivity index (χ1v) is 13.1. The number of nitro benzene ring substituents is 1. The van der Waals surface area contributed by atoms with Crippen molar-refractivity contribution in [2.45, 2.75) is 38.2 Å². The number of nitrogens with zero attached hydrogens (tertiary/aromatic N) is 1. The quantitative estimate of drug-likeness (QED) is 0.177. The summed E-state index contributed by atoms with van der Waals surface area (Å²) in [7, 11) is -2.71. The first kappa shape index (κ1) is 30.2. The average molecular weight is 547 g/mol. The predicted molar refractivity (Wildman–Crippen MR) is 141 cm³/mol. The number of esters is 1. The number of methoxy groups -OCH3 is 1. The number of aryl methyl sites for hydroxylation is 1. The Morgan fingerprint density at radius 2 is 1.82 bits per heavy atom. The van der Waals surface area contributed by atoms with Crippen LogP contribution in [0.4, 0.5) is 10.5 Å². The zero-order chi connectivity index (χ0) is 28.3. The van der Waals surface area contributed by atoms with Crippen LogP contribution in [0, 0.1) is 17.0 Å². The fourth-order valence-electron chi connectivity index (χ4n) is 3.35. The molecule has 12 heteroatoms. The van der Waals surface area contributed by atoms with Gasteiger partial charge in [0.2, 0.25) is 10.0 Å². The van der Waals surface area contributed by atoms with Crippen molar-refractivity contribution in [1.29, 1.82) is 0 Å². The number of rotatable bonds is 12. The highest BCUT2D eigenvalue weighted by Crippen LogP contribution is 2.32. The van der Waals surface area contributed by atoms with Gasteiger partial charge in [-0.3, -0.25) is 10.1 Å². The number of ether oxygens (including phenoxy) is 3. The molecule has 0 radical (unpaired) electrons. The van der Waals surface area contributed by atoms with Gasteiger partial charge in [0.1, 0.15) is 6.61 Å². The van der Waals surface area contributed by atoms with E-state index >= 15 is 0 Å². The molecule has 0 aliphatic rings. The van der Waals surface area contributed by atoms with Gasteiger partial charge in [-0.25, -0.2) is 22.7 Å². The first-order chi connectivity index (χ1) is 17.9. The lowest BCUT2D eigenvalue weighted by Crippen LogP contribution is -2.25. The molecule has 0 aliphatic heterocycles. The number of hydrogen-bond donors (Lipinski definition) is 1. The molecule has 2 aromatic rings. The zero-order valence-corrected chi connectivity index (χ0v) is 22.3. The van der Waals surface area contributed by atoms with Gasteiger partial charge < -0.3 is 14.2 Å². The van der Waals surface area contributed by atoms with E-state index in [1.165, 1.54) is 36.4 Å². The molecule has 0 aromatic heterocycles. The lowest BCUT2D eigenvalue weighted by atomic mass is 9.94. The van der Waals surface area contributed by atoms with E-state index in [0.717, 1.165) is 18.7 Å². The highest BCUT2D eigenvalue weighted by Gasteiger charge is 2.22. The van der Waals surface area contributed by atoms with Gasteiger partial charge in [0.25, 0.3) is 5.69 Å². The molecule has 11 nitrogen and oxygen atoms in total. The molecule has 2 rings (SSSR count). The summed E-state index contributed by atoms with van der Waals surface area (Å²) in [6.45, 7) is 4.82. The molecule has 1 N–H and O–H groups in total. The van der Waals surface area contributed by atoms with E-state index in [1.807, 2.05) is 6.92 Å². The fraction of sp³-hybridized carbons (Fsp3) is 0.308. The minimum atomic E-state index is -3.87. The van der Waals surface area contributed by atoms with Crippen LogP contribution < -0.4 is 4.72 Å². The standard InChI is InChI=1S/C26H30N2O9S/c1-18(2)37-24(29)17-21(14-15-27-38(33,34)22-12-10-19(3)11-13-22)25-20(7-5-9-23(25)28(31)32)8-6-16-36-26(30)35-4/h5-13,17-18,27H,14-16H2,1-4H3/b8-6+,21-17+. The number of hydrogen-bond acceptors (Lipinski definition) is 9. The minimum Gasteiger partial charge on any atom is -0.460 e. The molecule has 0 bridgehead atoms. The van der Waals surface area contributed by atoms with Crippen LogP contribution in [-0.4, -0.2) is 51.8 Å². The molecule has 0 heterocycles. The second kappa shape index (κ2) is 14.1. The normalized spacial score (nSPS) is 12.0. The van der Waals surface area contributed by atoms with Gasteiger partial charge in [0, 0.05) is 18.7 Å². The van der Waals surface area contributed by atoms with Crippen LogP contribution in [0.25, 0.3) is 11.6 Å². The van der Waals surface area contributed by atoms with E-state index in [-0.39, 0.29) is 41.3 Å². The van der Waals surface area contributed by atoms with Crippen LogP contribution in [0.2, 0.25) is 0 Å². The van der Waals surface area contributed by atoms with Crippen molar-refractivity contribution < 1.29 is 37.1 Å². The van der Waals surface area contributed by atoms with Crippen molar-refractivity contribution in [3.8, 4) is 0 Å². The summed E-state index contributed by atoms with van der Waals surface area (Å²) >= 11 is 0. The first-order valence-electron chi connectivity index (χ1n) is 11.6. The van der Waals surface area contributed by atoms with Crippen LogP contribution in [0.15, 0.2) is 59.5 Å². The van der Waals surface area contributed by atoms with Gasteiger partial charge in [-0.1, -0.05) is 35.9 Å². The van der Waals surface area contributed by atoms with Crippen LogP contribution >= 0.6 is 0 Å². The second-order valence-corrected chi connectivity index (χ2v) is 10.0. The number of benzene rings is 2. The number of carbonyl (C=O) groups is 2. The van der Waals surface area contributed by atoms with Crippen molar-refractivity contribution in [3.63, 3.8) is 0 Å². The Balaban J connectivity index is 2.44. The fourth-order valence-corrected chi connectivity index (χ4v) is 4.38. The van der Waals surface area contributed by atoms with E-state index in [0.29, 0.717) is 5.56 Å². The topological polar surface area (TPSA) is 151 Å². The Kier molecular flexibility index (Phi) is 11.2. The maximum absolute atomic E-state index is 12.7. The maximum Gasteiger partial charge on any atom is 0.508 e. The molecule has 0 aliphatic carbocycles. The molecular weight excluding hydrogens is 516 g/mol. The van der Waals surface area contributed by atoms with Crippen LogP contribution in [-0.2, 0) is 29.0 Å². The molecule has 2 aromatic carbocycles. The largest absolute Gasteiger partial charge is 0.508 e. The molecule has 0 fully saturated rings. The summed E-state index contributed by atoms with van der Waals surface area (Å²) in [4.78, 5) is 35.0. The molecule has 38 heavy (non-hydrogen) atoms. The van der Waals surface area contributed by atoms with Crippen LogP contribution in [0.1, 0.15) is 37.0 Å². The molecule has 0 spiro atoms. The van der Waals surface area contributed by atoms with E-state index in [9.17, 15) is 28.1 Å². The summed E-state index contributed by atoms with van der Waals surface area (Å²) in [6, 6.07) is 10.6. The molecule has 0 saturated carbocycles. The van der Waals surface area contributed by atoms with Gasteiger partial charge in [0.15, 0.2) is 0 Å². The van der Waals surface area contributed by atoms with Crippen molar-refractivity contribution in [3.05, 3.63) is 81.4 Å². The molecule has 0 saturated heterocycles. The Bertz CT molecular complexity index is 1310. The predicted octanol–water partition coefficient (Wildman–Crippen LogP) is 4.40. The van der Waals surface area contributed by atoms with Crippen molar-refractivity contribution >= 4 is 39.5 Å². The maximum atomic E-state index is 12.7. The SMILES string of the molecule is COC(=O)OC/C=C/c1cccc([N+](=O)[O-])c1/C(=C/C(=O)OC(C)C)CCNS(=O)(=O)c1ccc(C)cc1. The number of nitro groups is 1. The van der Waals surface area contributed by atoms with Crippen molar-refractivity contribution in [2.24, 2.45) is 0 Å². The van der Waals surface area contributed by atoms with Crippen LogP contribution in [0.5, 0.6) is 0 Å². The third-order valence-corrected chi connectivity index (χ3v) is 6.49. The van der Waals surface area contributed by atoms with Gasteiger partial charge in [-0.05, 0) is 56.5 Å². The number of carbonyl (C=O) groups excluding carboxylic acids is 2. The van der Waals surface area contributed by atoms with E-state index in [1.54, 1.807) is 32.0 Å². The summed E-state index contributed by atoms with van der Waals surface area (Å²) in [6.07, 6.45) is 2.65. The Morgan fingerprint density at radius 3 is 2.42 bits per heavy atom. The summed E-state index contributed by atoms with van der Waals surface area (Å²) < 4.78 is 42.3. The van der Waals surface area contributed by atoms with Gasteiger partial charge in [-0.2, -0.15) is 0 Å². The average Bonchev–Trinajstić information content (AvgIpc) is 2.85. The smallest absolute Gasteiger partial charge is 0.460 e. The lowest BCUT2D eigenvalue weighted by molar-refractivity contribution is -0.385. The van der Waals surface area contributed by atoms with E-state index in [2.05, 4.69) is 9.46 Å². The summed E-state index contributed by atoms with van der Waals surface area (Å²) in [5, 5.41) is 11.9. The van der Waals surface area contributed by atoms with Gasteiger partial charge >= 0.3 is 12.1 Å². The van der Waals surface area contributed by atoms with Crippen molar-refractivity contribution in [2.75, 3.05) is 20.3 Å². The Hall–Kier alpha value is -4.03. The minimum absolute atomic E-state index is 0.0627. The lowest BCUT2D eigenvalue weighted by Gasteiger charge is -2.14. The van der Waals surface area contributed by atoms with Crippen molar-refractivity contribution in [1.82, 2.24) is 4.72 Å². The van der Waals surface area contributed by atoms with E-state index in [4.69, 9.17) is 9.47 Å². The monoisotopic (exact) mass is 546 g/mol. The Morgan fingerprint density at radius 1 is 1.13 bits per heavy atom. The third kappa shape index (κ3) is 9.12. The second-order valence-electron chi connectivity index (χ2n) is 8.28.